The van der Waals surface area contributed by atoms with Crippen LogP contribution in [0.4, 0.5) is 4.79 Å². The molecule has 2 heterocycles. The van der Waals surface area contributed by atoms with Crippen LogP contribution in [-0.2, 0) is 0 Å². The van der Waals surface area contributed by atoms with Crippen molar-refractivity contribution in [2.75, 3.05) is 0 Å². The summed E-state index contributed by atoms with van der Waals surface area (Å²) >= 11 is 0. The maximum absolute atomic E-state index is 11.1. The zero-order chi connectivity index (χ0) is 14.7. The molecule has 0 spiro atoms. The third-order valence-corrected chi connectivity index (χ3v) is 2.42. The molecule has 0 bridgehead atoms. The molecule has 0 saturated heterocycles. The van der Waals surface area contributed by atoms with Gasteiger partial charge in [-0.25, -0.2) is 19.7 Å². The lowest BCUT2D eigenvalue weighted by Crippen LogP contribution is -2.27. The Kier molecular flexibility index (Phi) is 3.55. The molecular weight excluding hydrogens is 266 g/mol. The number of nitrogens with zero attached hydrogens (tertiary/aromatic N) is 5. The van der Waals surface area contributed by atoms with Crippen molar-refractivity contribution in [3.05, 3.63) is 30.2 Å². The number of carbonyl (C=O) groups excluding carboxylic acids is 1. The predicted octanol–water partition coefficient (Wildman–Crippen LogP) is -0.515. The number of aromatic nitrogens is 5. The van der Waals surface area contributed by atoms with Crippen LogP contribution >= 0.6 is 0 Å². The highest BCUT2D eigenvalue weighted by Crippen LogP contribution is 2.13. The van der Waals surface area contributed by atoms with Crippen molar-refractivity contribution in [1.29, 1.82) is 0 Å². The summed E-state index contributed by atoms with van der Waals surface area (Å²) in [7, 11) is 0. The van der Waals surface area contributed by atoms with E-state index in [4.69, 9.17) is 10.8 Å². The Labute approximate surface area is 112 Å². The standard InChI is InChI=1S/C10H11N7O3/c1-5(16-10(19)20)9-14-4-15-17(9)7-2-6(8(11)18)12-3-13-7/h2-5,16H,1H3,(H2,11,18)(H,19,20). The van der Waals surface area contributed by atoms with Crippen LogP contribution in [0.5, 0.6) is 0 Å². The lowest BCUT2D eigenvalue weighted by atomic mass is 10.3. The van der Waals surface area contributed by atoms with Crippen molar-refractivity contribution < 1.29 is 14.7 Å². The van der Waals surface area contributed by atoms with E-state index in [9.17, 15) is 9.59 Å². The molecule has 1 atom stereocenters. The smallest absolute Gasteiger partial charge is 0.405 e. The second kappa shape index (κ2) is 5.30. The van der Waals surface area contributed by atoms with Gasteiger partial charge in [0.25, 0.3) is 5.91 Å². The second-order valence-electron chi connectivity index (χ2n) is 3.83. The quantitative estimate of drug-likeness (QED) is 0.680. The molecule has 0 aromatic carbocycles. The lowest BCUT2D eigenvalue weighted by Gasteiger charge is -2.11. The topological polar surface area (TPSA) is 149 Å². The van der Waals surface area contributed by atoms with E-state index in [1.54, 1.807) is 6.92 Å². The Morgan fingerprint density at radius 3 is 2.75 bits per heavy atom. The van der Waals surface area contributed by atoms with Gasteiger partial charge in [0.15, 0.2) is 11.6 Å². The molecule has 0 aliphatic rings. The van der Waals surface area contributed by atoms with Gasteiger partial charge < -0.3 is 16.2 Å². The van der Waals surface area contributed by atoms with E-state index in [0.29, 0.717) is 5.82 Å². The summed E-state index contributed by atoms with van der Waals surface area (Å²) in [6.07, 6.45) is 1.23. The SMILES string of the molecule is CC(NC(=O)O)c1ncnn1-c1cc(C(N)=O)ncn1. The van der Waals surface area contributed by atoms with Crippen molar-refractivity contribution in [1.82, 2.24) is 30.0 Å². The molecule has 1 unspecified atom stereocenters. The number of nitrogens with one attached hydrogen (secondary N) is 1. The van der Waals surface area contributed by atoms with Gasteiger partial charge in [0.05, 0.1) is 6.04 Å². The van der Waals surface area contributed by atoms with Crippen LogP contribution in [0, 0.1) is 0 Å². The van der Waals surface area contributed by atoms with E-state index in [0.717, 1.165) is 6.33 Å². The summed E-state index contributed by atoms with van der Waals surface area (Å²) in [6, 6.07) is 0.732. The maximum Gasteiger partial charge on any atom is 0.405 e. The van der Waals surface area contributed by atoms with Crippen molar-refractivity contribution in [3.8, 4) is 5.82 Å². The normalized spacial score (nSPS) is 11.8. The summed E-state index contributed by atoms with van der Waals surface area (Å²) in [6.45, 7) is 1.60. The van der Waals surface area contributed by atoms with Gasteiger partial charge in [-0.2, -0.15) is 9.78 Å². The first-order valence-corrected chi connectivity index (χ1v) is 5.50. The third-order valence-electron chi connectivity index (χ3n) is 2.42. The highest BCUT2D eigenvalue weighted by molar-refractivity contribution is 5.90. The molecule has 104 valence electrons. The first-order chi connectivity index (χ1) is 9.49. The molecule has 0 fully saturated rings. The molecule has 0 aliphatic carbocycles. The van der Waals surface area contributed by atoms with E-state index < -0.39 is 18.0 Å². The minimum absolute atomic E-state index is 0.0234. The summed E-state index contributed by atoms with van der Waals surface area (Å²) in [4.78, 5) is 33.4. The minimum atomic E-state index is -1.19. The van der Waals surface area contributed by atoms with Crippen LogP contribution in [0.1, 0.15) is 29.3 Å². The molecule has 0 radical (unpaired) electrons. The van der Waals surface area contributed by atoms with E-state index in [-0.39, 0.29) is 11.5 Å². The van der Waals surface area contributed by atoms with Crippen LogP contribution in [0.15, 0.2) is 18.7 Å². The van der Waals surface area contributed by atoms with Gasteiger partial charge in [-0.05, 0) is 6.92 Å². The molecule has 10 heteroatoms. The summed E-state index contributed by atoms with van der Waals surface area (Å²) in [5.41, 5.74) is 5.16. The number of carboxylic acid groups (broad SMARTS) is 1. The second-order valence-corrected chi connectivity index (χ2v) is 3.83. The Hall–Kier alpha value is -3.04. The summed E-state index contributed by atoms with van der Waals surface area (Å²) in [5, 5.41) is 14.9. The molecule has 2 aromatic heterocycles. The first kappa shape index (κ1) is 13.4. The fourth-order valence-corrected chi connectivity index (χ4v) is 1.57. The fourth-order valence-electron chi connectivity index (χ4n) is 1.57. The van der Waals surface area contributed by atoms with E-state index >= 15 is 0 Å². The molecule has 4 N–H and O–H groups in total. The highest BCUT2D eigenvalue weighted by Gasteiger charge is 2.17. The van der Waals surface area contributed by atoms with Gasteiger partial charge in [0, 0.05) is 6.07 Å². The molecule has 2 aromatic rings. The van der Waals surface area contributed by atoms with Gasteiger partial charge in [-0.1, -0.05) is 0 Å². The van der Waals surface area contributed by atoms with Crippen LogP contribution in [0.25, 0.3) is 5.82 Å². The first-order valence-electron chi connectivity index (χ1n) is 5.50. The molecule has 2 amide bonds. The van der Waals surface area contributed by atoms with Gasteiger partial charge >= 0.3 is 6.09 Å². The predicted molar refractivity (Wildman–Crippen MR) is 65.0 cm³/mol. The highest BCUT2D eigenvalue weighted by atomic mass is 16.4. The third kappa shape index (κ3) is 2.68. The Morgan fingerprint density at radius 2 is 2.10 bits per heavy atom. The fraction of sp³-hybridized carbons (Fsp3) is 0.200. The van der Waals surface area contributed by atoms with Crippen LogP contribution in [-0.4, -0.2) is 41.8 Å². The number of rotatable bonds is 4. The minimum Gasteiger partial charge on any atom is -0.465 e. The largest absolute Gasteiger partial charge is 0.465 e. The number of carbonyl (C=O) groups is 2. The number of hydrogen-bond donors (Lipinski definition) is 3. The monoisotopic (exact) mass is 277 g/mol. The van der Waals surface area contributed by atoms with E-state index in [1.165, 1.54) is 17.1 Å². The number of nitrogens with two attached hydrogens (primary N) is 1. The Bertz CT molecular complexity index is 654. The van der Waals surface area contributed by atoms with E-state index in [1.807, 2.05) is 0 Å². The van der Waals surface area contributed by atoms with Crippen LogP contribution < -0.4 is 11.1 Å². The number of hydrogen-bond acceptors (Lipinski definition) is 6. The molecule has 2 rings (SSSR count). The Morgan fingerprint density at radius 1 is 1.35 bits per heavy atom. The van der Waals surface area contributed by atoms with Crippen molar-refractivity contribution in [2.24, 2.45) is 5.73 Å². The summed E-state index contributed by atoms with van der Waals surface area (Å²) < 4.78 is 1.30. The lowest BCUT2D eigenvalue weighted by molar-refractivity contribution is 0.0995. The van der Waals surface area contributed by atoms with Gasteiger partial charge in [0.2, 0.25) is 0 Å². The van der Waals surface area contributed by atoms with Crippen LogP contribution in [0.2, 0.25) is 0 Å². The van der Waals surface area contributed by atoms with Gasteiger partial charge in [-0.15, -0.1) is 0 Å². The number of primary amides is 1. The maximum atomic E-state index is 11.1. The van der Waals surface area contributed by atoms with Crippen LogP contribution in [0.3, 0.4) is 0 Å². The van der Waals surface area contributed by atoms with Crippen molar-refractivity contribution in [3.63, 3.8) is 0 Å². The van der Waals surface area contributed by atoms with Gasteiger partial charge in [0.1, 0.15) is 18.3 Å². The van der Waals surface area contributed by atoms with Crippen molar-refractivity contribution in [2.45, 2.75) is 13.0 Å². The van der Waals surface area contributed by atoms with E-state index in [2.05, 4.69) is 25.4 Å². The zero-order valence-corrected chi connectivity index (χ0v) is 10.4. The average molecular weight is 277 g/mol. The molecule has 0 aliphatic heterocycles. The molecule has 10 nitrogen and oxygen atoms in total. The Balaban J connectivity index is 2.39. The summed E-state index contributed by atoms with van der Waals surface area (Å²) in [5.74, 6) is -0.117. The molecule has 0 saturated carbocycles. The molecular formula is C10H11N7O3. The van der Waals surface area contributed by atoms with Gasteiger partial charge in [-0.3, -0.25) is 4.79 Å². The average Bonchev–Trinajstić information content (AvgIpc) is 2.87. The molecule has 20 heavy (non-hydrogen) atoms. The number of amides is 2. The zero-order valence-electron chi connectivity index (χ0n) is 10.4. The van der Waals surface area contributed by atoms with Crippen molar-refractivity contribution >= 4 is 12.0 Å².